The SMILES string of the molecule is CCCCCN1C/C=C\CCC(=O)NC[C@@H](C)OC(=O)[C@@H]2[C@@H]3C=C[C@]4(O3)[C@H](C1=O)N([C@@H](CO)CC(C)C)C(=O)[C@@H]24. The van der Waals surface area contributed by atoms with Crippen molar-refractivity contribution >= 4 is 23.7 Å². The lowest BCUT2D eigenvalue weighted by molar-refractivity contribution is -0.159. The molecule has 0 saturated carbocycles. The molecular weight excluding hydrogens is 514 g/mol. The van der Waals surface area contributed by atoms with E-state index < -0.39 is 47.7 Å². The number of likely N-dealkylation sites (tertiary alicyclic amines) is 1. The molecule has 2 fully saturated rings. The van der Waals surface area contributed by atoms with Crippen molar-refractivity contribution in [3.8, 4) is 0 Å². The standard InChI is InChI=1S/C30H45N3O7/c1-5-6-9-14-32-15-10-7-8-11-23(35)31-17-20(4)39-29(38)24-22-12-13-30(40-22)25(24)27(36)33(26(30)28(32)37)21(18-34)16-19(2)3/h7,10,12-13,19-22,24-26,34H,5-6,8-9,11,14-18H2,1-4H3,(H,31,35)/b10-7-/t20-,21-,22+,24-,25-,26+,30-/m1/s1. The van der Waals surface area contributed by atoms with Gasteiger partial charge in [0.25, 0.3) is 0 Å². The van der Waals surface area contributed by atoms with Gasteiger partial charge in [0.05, 0.1) is 31.2 Å². The van der Waals surface area contributed by atoms with Gasteiger partial charge in [0, 0.05) is 19.5 Å². The van der Waals surface area contributed by atoms with Crippen LogP contribution in [0.3, 0.4) is 0 Å². The molecule has 2 N–H and O–H groups in total. The highest BCUT2D eigenvalue weighted by atomic mass is 16.6. The number of rotatable bonds is 8. The lowest BCUT2D eigenvalue weighted by atomic mass is 9.74. The fourth-order valence-electron chi connectivity index (χ4n) is 6.59. The van der Waals surface area contributed by atoms with Crippen LogP contribution in [-0.4, -0.2) is 94.7 Å². The number of nitrogens with zero attached hydrogens (tertiary/aromatic N) is 2. The number of carbonyl (C=O) groups is 4. The Balaban J connectivity index is 1.77. The first-order chi connectivity index (χ1) is 19.1. The number of allylic oxidation sites excluding steroid dienone is 1. The number of esters is 1. The van der Waals surface area contributed by atoms with Crippen molar-refractivity contribution < 1.29 is 33.8 Å². The normalized spacial score (nSPS) is 34.3. The third-order valence-corrected chi connectivity index (χ3v) is 8.44. The Kier molecular flexibility index (Phi) is 9.72. The van der Waals surface area contributed by atoms with Gasteiger partial charge in [0.15, 0.2) is 0 Å². The Bertz CT molecular complexity index is 1030. The second-order valence-corrected chi connectivity index (χ2v) is 12.0. The highest BCUT2D eigenvalue weighted by Gasteiger charge is 2.74. The van der Waals surface area contributed by atoms with Crippen molar-refractivity contribution in [2.45, 2.75) is 96.1 Å². The molecule has 40 heavy (non-hydrogen) atoms. The van der Waals surface area contributed by atoms with Gasteiger partial charge in [0.2, 0.25) is 17.7 Å². The molecule has 7 atom stereocenters. The number of amides is 3. The molecule has 0 aromatic rings. The third-order valence-electron chi connectivity index (χ3n) is 8.44. The van der Waals surface area contributed by atoms with Gasteiger partial charge in [-0.1, -0.05) is 57.9 Å². The summed E-state index contributed by atoms with van der Waals surface area (Å²) in [4.78, 5) is 57.8. The van der Waals surface area contributed by atoms with E-state index in [1.54, 1.807) is 24.0 Å². The predicted molar refractivity (Wildman–Crippen MR) is 148 cm³/mol. The molecule has 4 heterocycles. The van der Waals surface area contributed by atoms with Gasteiger partial charge in [-0.25, -0.2) is 0 Å². The van der Waals surface area contributed by atoms with Gasteiger partial charge >= 0.3 is 5.97 Å². The number of nitrogens with one attached hydrogen (secondary N) is 1. The molecule has 5 bridgehead atoms. The molecule has 0 aliphatic carbocycles. The lowest BCUT2D eigenvalue weighted by Crippen LogP contribution is -2.58. The second-order valence-electron chi connectivity index (χ2n) is 12.0. The van der Waals surface area contributed by atoms with Crippen molar-refractivity contribution in [3.05, 3.63) is 24.3 Å². The van der Waals surface area contributed by atoms with Crippen molar-refractivity contribution in [2.24, 2.45) is 17.8 Å². The van der Waals surface area contributed by atoms with Crippen LogP contribution in [0.25, 0.3) is 0 Å². The van der Waals surface area contributed by atoms with E-state index in [9.17, 15) is 24.3 Å². The summed E-state index contributed by atoms with van der Waals surface area (Å²) in [7, 11) is 0. The van der Waals surface area contributed by atoms with Crippen LogP contribution in [0.15, 0.2) is 24.3 Å². The fraction of sp³-hybridized carbons (Fsp3) is 0.733. The summed E-state index contributed by atoms with van der Waals surface area (Å²) in [5.41, 5.74) is -1.31. The zero-order valence-corrected chi connectivity index (χ0v) is 24.2. The third kappa shape index (κ3) is 5.84. The molecule has 3 amide bonds. The zero-order chi connectivity index (χ0) is 29.0. The van der Waals surface area contributed by atoms with E-state index in [2.05, 4.69) is 12.2 Å². The van der Waals surface area contributed by atoms with Crippen molar-refractivity contribution in [1.29, 1.82) is 0 Å². The Morgan fingerprint density at radius 2 is 1.93 bits per heavy atom. The minimum Gasteiger partial charge on any atom is -0.460 e. The molecule has 2 saturated heterocycles. The van der Waals surface area contributed by atoms with E-state index in [0.29, 0.717) is 25.9 Å². The molecular formula is C30H45N3O7. The number of ether oxygens (including phenoxy) is 2. The predicted octanol–water partition coefficient (Wildman–Crippen LogP) is 1.96. The topological polar surface area (TPSA) is 125 Å². The summed E-state index contributed by atoms with van der Waals surface area (Å²) in [6.45, 7) is 8.49. The van der Waals surface area contributed by atoms with Crippen molar-refractivity contribution in [1.82, 2.24) is 15.1 Å². The van der Waals surface area contributed by atoms with E-state index in [1.165, 1.54) is 4.90 Å². The van der Waals surface area contributed by atoms with E-state index in [4.69, 9.17) is 9.47 Å². The number of aliphatic hydroxyl groups excluding tert-OH is 1. The minimum atomic E-state index is -1.31. The maximum absolute atomic E-state index is 14.5. The van der Waals surface area contributed by atoms with Crippen LogP contribution >= 0.6 is 0 Å². The van der Waals surface area contributed by atoms with Gasteiger partial charge in [0.1, 0.15) is 23.7 Å². The van der Waals surface area contributed by atoms with E-state index in [1.807, 2.05) is 26.0 Å². The van der Waals surface area contributed by atoms with Crippen LogP contribution in [0.2, 0.25) is 0 Å². The highest BCUT2D eigenvalue weighted by Crippen LogP contribution is 2.56. The van der Waals surface area contributed by atoms with Crippen LogP contribution in [0, 0.1) is 17.8 Å². The maximum atomic E-state index is 14.5. The minimum absolute atomic E-state index is 0.150. The molecule has 0 unspecified atom stereocenters. The van der Waals surface area contributed by atoms with E-state index in [0.717, 1.165) is 19.3 Å². The van der Waals surface area contributed by atoms with Crippen LogP contribution in [0.5, 0.6) is 0 Å². The number of unbranched alkanes of at least 4 members (excludes halogenated alkanes) is 2. The Hall–Kier alpha value is -2.72. The quantitative estimate of drug-likeness (QED) is 0.265. The summed E-state index contributed by atoms with van der Waals surface area (Å²) < 4.78 is 12.1. The molecule has 10 heteroatoms. The molecule has 0 aromatic heterocycles. The summed E-state index contributed by atoms with van der Waals surface area (Å²) in [6, 6.07) is -1.60. The van der Waals surface area contributed by atoms with Gasteiger partial charge in [-0.05, 0) is 32.1 Å². The van der Waals surface area contributed by atoms with Crippen LogP contribution in [-0.2, 0) is 28.7 Å². The first-order valence-corrected chi connectivity index (χ1v) is 14.9. The van der Waals surface area contributed by atoms with Crippen LogP contribution in [0.4, 0.5) is 0 Å². The van der Waals surface area contributed by atoms with Crippen molar-refractivity contribution in [3.63, 3.8) is 0 Å². The molecule has 1 spiro atoms. The monoisotopic (exact) mass is 559 g/mol. The second kappa shape index (κ2) is 12.9. The number of fused-ring (bicyclic) bond motifs is 2. The number of cyclic esters (lactones) is 1. The Morgan fingerprint density at radius 3 is 2.62 bits per heavy atom. The van der Waals surface area contributed by atoms with Crippen LogP contribution in [0.1, 0.15) is 66.2 Å². The summed E-state index contributed by atoms with van der Waals surface area (Å²) in [6.07, 6.45) is 10.1. The lowest BCUT2D eigenvalue weighted by Gasteiger charge is -2.39. The first kappa shape index (κ1) is 30.2. The smallest absolute Gasteiger partial charge is 0.313 e. The number of aliphatic hydroxyl groups is 1. The maximum Gasteiger partial charge on any atom is 0.313 e. The molecule has 222 valence electrons. The van der Waals surface area contributed by atoms with Gasteiger partial charge in [-0.2, -0.15) is 0 Å². The van der Waals surface area contributed by atoms with Gasteiger partial charge in [-0.15, -0.1) is 0 Å². The van der Waals surface area contributed by atoms with Gasteiger partial charge < -0.3 is 29.7 Å². The Morgan fingerprint density at radius 1 is 1.15 bits per heavy atom. The number of carbonyl (C=O) groups excluding carboxylic acids is 4. The largest absolute Gasteiger partial charge is 0.460 e. The summed E-state index contributed by atoms with van der Waals surface area (Å²) in [5, 5.41) is 13.2. The number of hydrogen-bond acceptors (Lipinski definition) is 7. The highest BCUT2D eigenvalue weighted by molar-refractivity contribution is 5.99. The van der Waals surface area contributed by atoms with Crippen molar-refractivity contribution in [2.75, 3.05) is 26.2 Å². The molecule has 4 rings (SSSR count). The molecule has 10 nitrogen and oxygen atoms in total. The van der Waals surface area contributed by atoms with E-state index in [-0.39, 0.29) is 43.2 Å². The summed E-state index contributed by atoms with van der Waals surface area (Å²) in [5.74, 6) is -3.04. The molecule has 4 aliphatic rings. The number of hydrogen-bond donors (Lipinski definition) is 2. The fourth-order valence-corrected chi connectivity index (χ4v) is 6.59. The Labute approximate surface area is 237 Å². The summed E-state index contributed by atoms with van der Waals surface area (Å²) >= 11 is 0. The first-order valence-electron chi connectivity index (χ1n) is 14.9. The zero-order valence-electron chi connectivity index (χ0n) is 24.2. The average molecular weight is 560 g/mol. The van der Waals surface area contributed by atoms with E-state index >= 15 is 0 Å². The van der Waals surface area contributed by atoms with Crippen LogP contribution < -0.4 is 5.32 Å². The average Bonchev–Trinajstić information content (AvgIpc) is 3.56. The molecule has 0 radical (unpaired) electrons. The molecule has 0 aromatic carbocycles. The van der Waals surface area contributed by atoms with Gasteiger partial charge in [-0.3, -0.25) is 19.2 Å². The molecule has 4 aliphatic heterocycles.